The van der Waals surface area contributed by atoms with Gasteiger partial charge in [0.15, 0.2) is 18.4 Å². The lowest BCUT2D eigenvalue weighted by molar-refractivity contribution is -0.152. The molecule has 3 rings (SSSR count). The second-order valence-corrected chi connectivity index (χ2v) is 8.13. The summed E-state index contributed by atoms with van der Waals surface area (Å²) in [6.45, 7) is 5.28. The molecule has 0 amide bonds. The summed E-state index contributed by atoms with van der Waals surface area (Å²) in [4.78, 5) is 25.7. The van der Waals surface area contributed by atoms with Gasteiger partial charge >= 0.3 is 5.97 Å². The van der Waals surface area contributed by atoms with Crippen LogP contribution in [0.2, 0.25) is 0 Å². The highest BCUT2D eigenvalue weighted by Gasteiger charge is 2.43. The Balaban J connectivity index is 2.03. The van der Waals surface area contributed by atoms with Gasteiger partial charge in [-0.3, -0.25) is 4.79 Å². The zero-order valence-electron chi connectivity index (χ0n) is 19.1. The quantitative estimate of drug-likeness (QED) is 0.511. The van der Waals surface area contributed by atoms with Gasteiger partial charge in [-0.15, -0.1) is 0 Å². The molecule has 0 N–H and O–H groups in total. The lowest BCUT2D eigenvalue weighted by Crippen LogP contribution is -2.30. The van der Waals surface area contributed by atoms with Gasteiger partial charge in [0.1, 0.15) is 29.3 Å². The van der Waals surface area contributed by atoms with E-state index in [-0.39, 0.29) is 18.1 Å². The molecule has 0 saturated carbocycles. The number of hydrogen-bond donors (Lipinski definition) is 0. The van der Waals surface area contributed by atoms with Gasteiger partial charge in [0.25, 0.3) is 0 Å². The molecular formula is C24H30O8. The van der Waals surface area contributed by atoms with Crippen molar-refractivity contribution in [3.63, 3.8) is 0 Å². The number of methoxy groups -OCH3 is 2. The fraction of sp³-hybridized carbons (Fsp3) is 0.500. The van der Waals surface area contributed by atoms with E-state index in [9.17, 15) is 9.59 Å². The molecule has 8 nitrogen and oxygen atoms in total. The van der Waals surface area contributed by atoms with E-state index in [1.54, 1.807) is 45.1 Å². The molecule has 0 spiro atoms. The van der Waals surface area contributed by atoms with Gasteiger partial charge in [0.05, 0.1) is 13.2 Å². The Kier molecular flexibility index (Phi) is 7.71. The molecule has 0 aliphatic carbocycles. The van der Waals surface area contributed by atoms with Crippen molar-refractivity contribution in [2.45, 2.75) is 57.7 Å². The van der Waals surface area contributed by atoms with Gasteiger partial charge in [0, 0.05) is 19.6 Å². The SMILES string of the molecule is COCOc1cc(OC)cc2c1C(=O)OC(C)C/C=C\C(=O)[C@H]1OC(C)(C)O[C@H]1CC=C2. The van der Waals surface area contributed by atoms with Crippen LogP contribution in [0.5, 0.6) is 11.5 Å². The zero-order valence-corrected chi connectivity index (χ0v) is 19.1. The number of benzene rings is 1. The largest absolute Gasteiger partial charge is 0.497 e. The van der Waals surface area contributed by atoms with Crippen LogP contribution in [0, 0.1) is 0 Å². The van der Waals surface area contributed by atoms with Crippen LogP contribution in [-0.2, 0) is 23.7 Å². The van der Waals surface area contributed by atoms with Crippen LogP contribution in [0.1, 0.15) is 49.5 Å². The average molecular weight is 446 g/mol. The number of fused-ring (bicyclic) bond motifs is 2. The molecule has 1 saturated heterocycles. The number of rotatable bonds is 4. The number of carbonyl (C=O) groups excluding carboxylic acids is 2. The number of esters is 1. The highest BCUT2D eigenvalue weighted by Crippen LogP contribution is 2.34. The van der Waals surface area contributed by atoms with E-state index < -0.39 is 30.1 Å². The summed E-state index contributed by atoms with van der Waals surface area (Å²) >= 11 is 0. The topological polar surface area (TPSA) is 89.5 Å². The summed E-state index contributed by atoms with van der Waals surface area (Å²) in [5.41, 5.74) is 0.824. The smallest absolute Gasteiger partial charge is 0.342 e. The highest BCUT2D eigenvalue weighted by molar-refractivity contribution is 5.97. The summed E-state index contributed by atoms with van der Waals surface area (Å²) in [5.74, 6) is -0.779. The Labute approximate surface area is 188 Å². The van der Waals surface area contributed by atoms with Crippen LogP contribution in [0.3, 0.4) is 0 Å². The van der Waals surface area contributed by atoms with Gasteiger partial charge in [-0.2, -0.15) is 0 Å². The molecule has 3 atom stereocenters. The Hall–Kier alpha value is -2.68. The van der Waals surface area contributed by atoms with Crippen LogP contribution < -0.4 is 9.47 Å². The van der Waals surface area contributed by atoms with Crippen molar-refractivity contribution in [1.29, 1.82) is 0 Å². The molecule has 0 radical (unpaired) electrons. The van der Waals surface area contributed by atoms with Crippen LogP contribution in [0.4, 0.5) is 0 Å². The standard InChI is InChI=1S/C24H30O8/c1-15-8-6-10-18(25)22-19(31-24(2,3)32-22)11-7-9-16-12-17(28-5)13-20(29-14-27-4)21(16)23(26)30-15/h6-7,9-10,12-13,15,19,22H,8,11,14H2,1-5H3/b9-7?,10-6-/t15?,19-,22+/m0/s1. The van der Waals surface area contributed by atoms with Crippen molar-refractivity contribution in [2.75, 3.05) is 21.0 Å². The summed E-state index contributed by atoms with van der Waals surface area (Å²) in [5, 5.41) is 0. The van der Waals surface area contributed by atoms with E-state index in [1.807, 2.05) is 6.08 Å². The Morgan fingerprint density at radius 1 is 1.06 bits per heavy atom. The third-order valence-corrected chi connectivity index (χ3v) is 5.07. The maximum Gasteiger partial charge on any atom is 0.342 e. The Morgan fingerprint density at radius 2 is 1.81 bits per heavy atom. The van der Waals surface area contributed by atoms with Gasteiger partial charge in [0.2, 0.25) is 0 Å². The minimum absolute atomic E-state index is 0.0407. The molecule has 1 fully saturated rings. The first kappa shape index (κ1) is 24.0. The summed E-state index contributed by atoms with van der Waals surface area (Å²) < 4.78 is 33.4. The van der Waals surface area contributed by atoms with Crippen molar-refractivity contribution in [3.05, 3.63) is 41.5 Å². The molecule has 0 bridgehead atoms. The predicted octanol–water partition coefficient (Wildman–Crippen LogP) is 3.68. The second-order valence-electron chi connectivity index (χ2n) is 8.13. The molecular weight excluding hydrogens is 416 g/mol. The second kappa shape index (κ2) is 10.3. The van der Waals surface area contributed by atoms with Crippen molar-refractivity contribution in [1.82, 2.24) is 0 Å². The van der Waals surface area contributed by atoms with Gasteiger partial charge in [-0.05, 0) is 44.9 Å². The Morgan fingerprint density at radius 3 is 2.53 bits per heavy atom. The summed E-state index contributed by atoms with van der Waals surface area (Å²) in [6.07, 6.45) is 5.90. The molecule has 2 aliphatic rings. The van der Waals surface area contributed by atoms with Gasteiger partial charge in [-0.1, -0.05) is 18.2 Å². The minimum atomic E-state index is -0.866. The molecule has 0 aromatic heterocycles. The number of carbonyl (C=O) groups is 2. The first-order chi connectivity index (χ1) is 15.2. The van der Waals surface area contributed by atoms with Crippen LogP contribution in [0.15, 0.2) is 30.4 Å². The van der Waals surface area contributed by atoms with Crippen LogP contribution in [0.25, 0.3) is 6.08 Å². The van der Waals surface area contributed by atoms with Crippen molar-refractivity contribution in [2.24, 2.45) is 0 Å². The summed E-state index contributed by atoms with van der Waals surface area (Å²) in [6, 6.07) is 3.34. The minimum Gasteiger partial charge on any atom is -0.497 e. The maximum atomic E-state index is 13.0. The maximum absolute atomic E-state index is 13.0. The third kappa shape index (κ3) is 5.76. The third-order valence-electron chi connectivity index (χ3n) is 5.07. The Bertz CT molecular complexity index is 902. The average Bonchev–Trinajstić information content (AvgIpc) is 3.05. The van der Waals surface area contributed by atoms with E-state index in [0.717, 1.165) is 0 Å². The van der Waals surface area contributed by atoms with E-state index in [2.05, 4.69) is 0 Å². The van der Waals surface area contributed by atoms with Crippen LogP contribution in [-0.4, -0.2) is 56.9 Å². The first-order valence-electron chi connectivity index (χ1n) is 10.5. The first-order valence-corrected chi connectivity index (χ1v) is 10.5. The monoisotopic (exact) mass is 446 g/mol. The predicted molar refractivity (Wildman–Crippen MR) is 117 cm³/mol. The fourth-order valence-electron chi connectivity index (χ4n) is 3.65. The highest BCUT2D eigenvalue weighted by atomic mass is 16.8. The van der Waals surface area contributed by atoms with Crippen LogP contribution >= 0.6 is 0 Å². The molecule has 1 aromatic rings. The molecule has 1 aromatic carbocycles. The van der Waals surface area contributed by atoms with E-state index in [0.29, 0.717) is 29.9 Å². The van der Waals surface area contributed by atoms with Crippen molar-refractivity contribution in [3.8, 4) is 11.5 Å². The van der Waals surface area contributed by atoms with E-state index in [4.69, 9.17) is 28.4 Å². The number of cyclic esters (lactones) is 1. The normalized spacial score (nSPS) is 26.5. The number of hydrogen-bond acceptors (Lipinski definition) is 8. The molecule has 1 unspecified atom stereocenters. The van der Waals surface area contributed by atoms with Gasteiger partial charge < -0.3 is 28.4 Å². The molecule has 174 valence electrons. The molecule has 32 heavy (non-hydrogen) atoms. The lowest BCUT2D eigenvalue weighted by Gasteiger charge is -2.18. The molecule has 2 aliphatic heterocycles. The lowest BCUT2D eigenvalue weighted by atomic mass is 10.0. The zero-order chi connectivity index (χ0) is 23.3. The number of ether oxygens (including phenoxy) is 6. The summed E-state index contributed by atoms with van der Waals surface area (Å²) in [7, 11) is 3.03. The fourth-order valence-corrected chi connectivity index (χ4v) is 3.65. The van der Waals surface area contributed by atoms with Gasteiger partial charge in [-0.25, -0.2) is 4.79 Å². The molecule has 8 heteroatoms. The van der Waals surface area contributed by atoms with Crippen molar-refractivity contribution >= 4 is 17.8 Å². The van der Waals surface area contributed by atoms with Crippen molar-refractivity contribution < 1.29 is 38.0 Å². The van der Waals surface area contributed by atoms with E-state index >= 15 is 0 Å². The molecule has 2 heterocycles. The number of ketones is 1. The van der Waals surface area contributed by atoms with E-state index in [1.165, 1.54) is 20.3 Å².